The minimum atomic E-state index is -0.431. The highest BCUT2D eigenvalue weighted by Gasteiger charge is 2.15. The predicted molar refractivity (Wildman–Crippen MR) is 57.9 cm³/mol. The SMILES string of the molecule is C/C=C/C(=O)NCC(O)C(CC)CC. The van der Waals surface area contributed by atoms with Crippen LogP contribution in [0.2, 0.25) is 0 Å². The van der Waals surface area contributed by atoms with Crippen LogP contribution in [-0.4, -0.2) is 23.7 Å². The molecule has 1 amide bonds. The first kappa shape index (κ1) is 13.2. The number of carbonyl (C=O) groups is 1. The Bertz CT molecular complexity index is 186. The van der Waals surface area contributed by atoms with Crippen LogP contribution in [0.3, 0.4) is 0 Å². The molecule has 0 rings (SSSR count). The van der Waals surface area contributed by atoms with E-state index in [9.17, 15) is 9.90 Å². The summed E-state index contributed by atoms with van der Waals surface area (Å²) in [5.74, 6) is 0.137. The van der Waals surface area contributed by atoms with Crippen LogP contribution in [0.1, 0.15) is 33.6 Å². The maximum absolute atomic E-state index is 11.0. The summed E-state index contributed by atoms with van der Waals surface area (Å²) in [5.41, 5.74) is 0. The standard InChI is InChI=1S/C11H21NO2/c1-4-7-11(14)12-8-10(13)9(5-2)6-3/h4,7,9-10,13H,5-6,8H2,1-3H3,(H,12,14)/b7-4+. The van der Waals surface area contributed by atoms with Crippen molar-refractivity contribution < 1.29 is 9.90 Å². The number of allylic oxidation sites excluding steroid dienone is 1. The number of hydrogen-bond acceptors (Lipinski definition) is 2. The van der Waals surface area contributed by atoms with E-state index in [1.807, 2.05) is 13.8 Å². The first-order valence-corrected chi connectivity index (χ1v) is 5.24. The van der Waals surface area contributed by atoms with Crippen molar-refractivity contribution in [3.8, 4) is 0 Å². The third kappa shape index (κ3) is 5.02. The van der Waals surface area contributed by atoms with Gasteiger partial charge in [-0.15, -0.1) is 0 Å². The summed E-state index contributed by atoms with van der Waals surface area (Å²) in [6.45, 7) is 6.22. The maximum Gasteiger partial charge on any atom is 0.243 e. The summed E-state index contributed by atoms with van der Waals surface area (Å²) in [6.07, 6.45) is 4.59. The molecule has 1 atom stereocenters. The molecule has 0 aliphatic heterocycles. The topological polar surface area (TPSA) is 49.3 Å². The zero-order valence-electron chi connectivity index (χ0n) is 9.29. The van der Waals surface area contributed by atoms with Crippen LogP contribution < -0.4 is 5.32 Å². The Morgan fingerprint density at radius 2 is 2.00 bits per heavy atom. The highest BCUT2D eigenvalue weighted by Crippen LogP contribution is 2.11. The van der Waals surface area contributed by atoms with Crippen LogP contribution in [0, 0.1) is 5.92 Å². The second-order valence-corrected chi connectivity index (χ2v) is 3.39. The summed E-state index contributed by atoms with van der Waals surface area (Å²) in [6, 6.07) is 0. The molecule has 0 radical (unpaired) electrons. The van der Waals surface area contributed by atoms with Crippen molar-refractivity contribution in [3.63, 3.8) is 0 Å². The molecule has 3 nitrogen and oxygen atoms in total. The largest absolute Gasteiger partial charge is 0.391 e. The molecule has 2 N–H and O–H groups in total. The predicted octanol–water partition coefficient (Wildman–Crippen LogP) is 1.48. The normalized spacial score (nSPS) is 13.5. The van der Waals surface area contributed by atoms with Crippen LogP contribution in [-0.2, 0) is 4.79 Å². The van der Waals surface area contributed by atoms with Crippen molar-refractivity contribution in [1.29, 1.82) is 0 Å². The van der Waals surface area contributed by atoms with Gasteiger partial charge in [-0.1, -0.05) is 32.8 Å². The van der Waals surface area contributed by atoms with Crippen LogP contribution in [0.15, 0.2) is 12.2 Å². The van der Waals surface area contributed by atoms with E-state index in [-0.39, 0.29) is 11.8 Å². The summed E-state index contributed by atoms with van der Waals surface area (Å²) in [5, 5.41) is 12.3. The molecule has 0 fully saturated rings. The van der Waals surface area contributed by atoms with Gasteiger partial charge in [-0.3, -0.25) is 4.79 Å². The molecule has 0 spiro atoms. The monoisotopic (exact) mass is 199 g/mol. The van der Waals surface area contributed by atoms with Gasteiger partial charge in [0, 0.05) is 6.54 Å². The Hall–Kier alpha value is -0.830. The number of rotatable bonds is 6. The Kier molecular flexibility index (Phi) is 7.11. The van der Waals surface area contributed by atoms with Gasteiger partial charge in [0.05, 0.1) is 6.10 Å². The van der Waals surface area contributed by atoms with Gasteiger partial charge < -0.3 is 10.4 Å². The fourth-order valence-corrected chi connectivity index (χ4v) is 1.41. The molecule has 3 heteroatoms. The smallest absolute Gasteiger partial charge is 0.243 e. The molecule has 0 aromatic carbocycles. The lowest BCUT2D eigenvalue weighted by atomic mass is 9.96. The Morgan fingerprint density at radius 1 is 1.43 bits per heavy atom. The number of hydrogen-bond donors (Lipinski definition) is 2. The van der Waals surface area contributed by atoms with Crippen LogP contribution >= 0.6 is 0 Å². The van der Waals surface area contributed by atoms with E-state index in [1.54, 1.807) is 13.0 Å². The number of aliphatic hydroxyl groups is 1. The van der Waals surface area contributed by atoms with Gasteiger partial charge in [-0.2, -0.15) is 0 Å². The van der Waals surface area contributed by atoms with Gasteiger partial charge >= 0.3 is 0 Å². The number of amides is 1. The van der Waals surface area contributed by atoms with E-state index in [0.29, 0.717) is 6.54 Å². The molecule has 0 aromatic rings. The summed E-state index contributed by atoms with van der Waals surface area (Å²) in [4.78, 5) is 11.0. The number of aliphatic hydroxyl groups excluding tert-OH is 1. The number of nitrogens with one attached hydrogen (secondary N) is 1. The molecule has 14 heavy (non-hydrogen) atoms. The third-order valence-corrected chi connectivity index (χ3v) is 2.40. The molecular formula is C11H21NO2. The Labute approximate surface area is 86.2 Å². The van der Waals surface area contributed by atoms with Crippen molar-refractivity contribution in [3.05, 3.63) is 12.2 Å². The second-order valence-electron chi connectivity index (χ2n) is 3.39. The lowest BCUT2D eigenvalue weighted by Gasteiger charge is -2.19. The average molecular weight is 199 g/mol. The first-order chi connectivity index (χ1) is 6.65. The van der Waals surface area contributed by atoms with Crippen LogP contribution in [0.4, 0.5) is 0 Å². The minimum Gasteiger partial charge on any atom is -0.391 e. The molecule has 0 heterocycles. The van der Waals surface area contributed by atoms with Crippen molar-refractivity contribution in [2.24, 2.45) is 5.92 Å². The number of carbonyl (C=O) groups excluding carboxylic acids is 1. The van der Waals surface area contributed by atoms with Gasteiger partial charge in [0.15, 0.2) is 0 Å². The van der Waals surface area contributed by atoms with E-state index in [2.05, 4.69) is 5.32 Å². The molecular weight excluding hydrogens is 178 g/mol. The van der Waals surface area contributed by atoms with Crippen molar-refractivity contribution >= 4 is 5.91 Å². The molecule has 0 aromatic heterocycles. The van der Waals surface area contributed by atoms with Gasteiger partial charge in [0.25, 0.3) is 0 Å². The van der Waals surface area contributed by atoms with Gasteiger partial charge in [-0.05, 0) is 18.9 Å². The Balaban J connectivity index is 3.82. The fraction of sp³-hybridized carbons (Fsp3) is 0.727. The highest BCUT2D eigenvalue weighted by atomic mass is 16.3. The summed E-state index contributed by atoms with van der Waals surface area (Å²) < 4.78 is 0. The molecule has 0 aliphatic rings. The highest BCUT2D eigenvalue weighted by molar-refractivity contribution is 5.87. The molecule has 0 aliphatic carbocycles. The van der Waals surface area contributed by atoms with E-state index >= 15 is 0 Å². The molecule has 1 unspecified atom stereocenters. The minimum absolute atomic E-state index is 0.141. The van der Waals surface area contributed by atoms with Crippen molar-refractivity contribution in [1.82, 2.24) is 5.32 Å². The van der Waals surface area contributed by atoms with Crippen molar-refractivity contribution in [2.75, 3.05) is 6.54 Å². The van der Waals surface area contributed by atoms with E-state index in [1.165, 1.54) is 6.08 Å². The molecule has 0 bridgehead atoms. The van der Waals surface area contributed by atoms with Gasteiger partial charge in [0.2, 0.25) is 5.91 Å². The lowest BCUT2D eigenvalue weighted by Crippen LogP contribution is -2.35. The summed E-state index contributed by atoms with van der Waals surface area (Å²) in [7, 11) is 0. The van der Waals surface area contributed by atoms with Crippen molar-refractivity contribution in [2.45, 2.75) is 39.7 Å². The molecule has 0 saturated carbocycles. The quantitative estimate of drug-likeness (QED) is 0.636. The van der Waals surface area contributed by atoms with E-state index < -0.39 is 6.10 Å². The zero-order valence-corrected chi connectivity index (χ0v) is 9.29. The second kappa shape index (κ2) is 7.56. The fourth-order valence-electron chi connectivity index (χ4n) is 1.41. The summed E-state index contributed by atoms with van der Waals surface area (Å²) >= 11 is 0. The van der Waals surface area contributed by atoms with E-state index in [0.717, 1.165) is 12.8 Å². The lowest BCUT2D eigenvalue weighted by molar-refractivity contribution is -0.117. The molecule has 82 valence electrons. The third-order valence-electron chi connectivity index (χ3n) is 2.40. The van der Waals surface area contributed by atoms with Crippen LogP contribution in [0.5, 0.6) is 0 Å². The Morgan fingerprint density at radius 3 is 2.43 bits per heavy atom. The first-order valence-electron chi connectivity index (χ1n) is 5.24. The van der Waals surface area contributed by atoms with E-state index in [4.69, 9.17) is 0 Å². The van der Waals surface area contributed by atoms with Gasteiger partial charge in [-0.25, -0.2) is 0 Å². The van der Waals surface area contributed by atoms with Gasteiger partial charge in [0.1, 0.15) is 0 Å². The zero-order chi connectivity index (χ0) is 11.0. The van der Waals surface area contributed by atoms with Crippen LogP contribution in [0.25, 0.3) is 0 Å². The maximum atomic E-state index is 11.0. The molecule has 0 saturated heterocycles. The average Bonchev–Trinajstić information content (AvgIpc) is 2.17.